The normalized spacial score (nSPS) is 40.1. The van der Waals surface area contributed by atoms with Gasteiger partial charge in [-0.25, -0.2) is 0 Å². The summed E-state index contributed by atoms with van der Waals surface area (Å²) in [7, 11) is 0. The molecule has 1 heteroatoms. The van der Waals surface area contributed by atoms with E-state index in [9.17, 15) is 0 Å². The van der Waals surface area contributed by atoms with Crippen molar-refractivity contribution in [3.8, 4) is 0 Å². The summed E-state index contributed by atoms with van der Waals surface area (Å²) in [6.07, 6.45) is 7.32. The van der Waals surface area contributed by atoms with Crippen molar-refractivity contribution in [3.05, 3.63) is 0 Å². The Morgan fingerprint density at radius 1 is 1.09 bits per heavy atom. The average Bonchev–Trinajstić information content (AvgIpc) is 2.04. The van der Waals surface area contributed by atoms with Gasteiger partial charge in [-0.2, -0.15) is 0 Å². The molecule has 2 saturated heterocycles. The van der Waals surface area contributed by atoms with Crippen LogP contribution in [0.4, 0.5) is 0 Å². The quantitative estimate of drug-likeness (QED) is 0.516. The minimum Gasteiger partial charge on any atom is -0.300 e. The van der Waals surface area contributed by atoms with Crippen LogP contribution in [-0.2, 0) is 0 Å². The van der Waals surface area contributed by atoms with E-state index in [-0.39, 0.29) is 0 Å². The van der Waals surface area contributed by atoms with Gasteiger partial charge >= 0.3 is 0 Å². The predicted molar refractivity (Wildman–Crippen MR) is 47.6 cm³/mol. The van der Waals surface area contributed by atoms with Gasteiger partial charge in [0.05, 0.1) is 0 Å². The van der Waals surface area contributed by atoms with Crippen molar-refractivity contribution in [2.75, 3.05) is 13.1 Å². The number of nitrogens with zero attached hydrogens (tertiary/aromatic N) is 1. The number of hydrogen-bond acceptors (Lipinski definition) is 1. The van der Waals surface area contributed by atoms with Crippen LogP contribution in [0.15, 0.2) is 0 Å². The first-order valence-corrected chi connectivity index (χ1v) is 5.10. The molecule has 0 aliphatic carbocycles. The van der Waals surface area contributed by atoms with E-state index in [0.717, 1.165) is 12.0 Å². The van der Waals surface area contributed by atoms with Crippen molar-refractivity contribution in [3.63, 3.8) is 0 Å². The average molecular weight is 153 g/mol. The summed E-state index contributed by atoms with van der Waals surface area (Å²) >= 11 is 0. The molecule has 0 aromatic heterocycles. The molecule has 0 bridgehead atoms. The summed E-state index contributed by atoms with van der Waals surface area (Å²) in [5.74, 6) is 0.995. The third-order valence-corrected chi connectivity index (χ3v) is 3.33. The molecule has 64 valence electrons. The van der Waals surface area contributed by atoms with Gasteiger partial charge in [0.15, 0.2) is 0 Å². The summed E-state index contributed by atoms with van der Waals surface area (Å²) in [4.78, 5) is 2.71. The highest BCUT2D eigenvalue weighted by atomic mass is 15.2. The minimum atomic E-state index is 0.965. The Bertz CT molecular complexity index is 133. The molecule has 0 aromatic rings. The van der Waals surface area contributed by atoms with E-state index in [1.165, 1.54) is 45.2 Å². The van der Waals surface area contributed by atoms with Crippen LogP contribution in [0.5, 0.6) is 0 Å². The molecule has 1 nitrogen and oxygen atoms in total. The van der Waals surface area contributed by atoms with Gasteiger partial charge in [0.25, 0.3) is 0 Å². The highest BCUT2D eigenvalue weighted by Crippen LogP contribution is 2.28. The summed E-state index contributed by atoms with van der Waals surface area (Å²) in [6, 6.07) is 0.965. The molecule has 11 heavy (non-hydrogen) atoms. The fraction of sp³-hybridized carbons (Fsp3) is 1.00. The zero-order valence-corrected chi connectivity index (χ0v) is 7.55. The van der Waals surface area contributed by atoms with Crippen molar-refractivity contribution in [2.45, 2.75) is 45.1 Å². The SMILES string of the molecule is C[C@@H]1CCN2CCCCC2C1. The predicted octanol–water partition coefficient (Wildman–Crippen LogP) is 2.27. The summed E-state index contributed by atoms with van der Waals surface area (Å²) in [5.41, 5.74) is 0. The van der Waals surface area contributed by atoms with Crippen LogP contribution in [0.3, 0.4) is 0 Å². The Morgan fingerprint density at radius 2 is 2.00 bits per heavy atom. The zero-order chi connectivity index (χ0) is 7.68. The van der Waals surface area contributed by atoms with Gasteiger partial charge in [-0.1, -0.05) is 13.3 Å². The molecule has 0 aromatic carbocycles. The van der Waals surface area contributed by atoms with Crippen molar-refractivity contribution in [1.29, 1.82) is 0 Å². The van der Waals surface area contributed by atoms with Crippen molar-refractivity contribution in [1.82, 2.24) is 4.90 Å². The topological polar surface area (TPSA) is 3.24 Å². The lowest BCUT2D eigenvalue weighted by molar-refractivity contribution is 0.0839. The van der Waals surface area contributed by atoms with Crippen LogP contribution in [0.1, 0.15) is 39.0 Å². The first-order chi connectivity index (χ1) is 5.36. The van der Waals surface area contributed by atoms with Gasteiger partial charge < -0.3 is 4.90 Å². The second-order valence-electron chi connectivity index (χ2n) is 4.32. The van der Waals surface area contributed by atoms with Crippen LogP contribution in [0.25, 0.3) is 0 Å². The first kappa shape index (κ1) is 7.60. The lowest BCUT2D eigenvalue weighted by atomic mass is 9.87. The summed E-state index contributed by atoms with van der Waals surface area (Å²) in [5, 5.41) is 0. The van der Waals surface area contributed by atoms with Gasteiger partial charge in [0.1, 0.15) is 0 Å². The Kier molecular flexibility index (Phi) is 2.17. The monoisotopic (exact) mass is 153 g/mol. The maximum atomic E-state index is 2.71. The molecule has 2 aliphatic rings. The number of fused-ring (bicyclic) bond motifs is 1. The summed E-state index contributed by atoms with van der Waals surface area (Å²) < 4.78 is 0. The molecule has 0 amide bonds. The first-order valence-electron chi connectivity index (χ1n) is 5.10. The Balaban J connectivity index is 1.93. The van der Waals surface area contributed by atoms with Crippen LogP contribution >= 0.6 is 0 Å². The van der Waals surface area contributed by atoms with Crippen molar-refractivity contribution >= 4 is 0 Å². The minimum absolute atomic E-state index is 0.965. The fourth-order valence-electron chi connectivity index (χ4n) is 2.59. The molecule has 2 fully saturated rings. The molecule has 0 N–H and O–H groups in total. The highest BCUT2D eigenvalue weighted by molar-refractivity contribution is 4.82. The van der Waals surface area contributed by atoms with Crippen LogP contribution in [0, 0.1) is 5.92 Å². The van der Waals surface area contributed by atoms with E-state index in [0.29, 0.717) is 0 Å². The second kappa shape index (κ2) is 3.14. The summed E-state index contributed by atoms with van der Waals surface area (Å²) in [6.45, 7) is 5.18. The third-order valence-electron chi connectivity index (χ3n) is 3.33. The molecule has 0 radical (unpaired) electrons. The maximum Gasteiger partial charge on any atom is 0.00978 e. The third kappa shape index (κ3) is 1.58. The number of rotatable bonds is 0. The molecule has 2 heterocycles. The standard InChI is InChI=1S/C10H19N/c1-9-5-7-11-6-3-2-4-10(11)8-9/h9-10H,2-8H2,1H3/t9-,10?/m1/s1. The number of piperidine rings is 2. The van der Waals surface area contributed by atoms with Crippen LogP contribution < -0.4 is 0 Å². The lowest BCUT2D eigenvalue weighted by Gasteiger charge is -2.41. The molecule has 2 atom stereocenters. The van der Waals surface area contributed by atoms with E-state index >= 15 is 0 Å². The number of hydrogen-bond donors (Lipinski definition) is 0. The van der Waals surface area contributed by atoms with Crippen LogP contribution in [-0.4, -0.2) is 24.0 Å². The van der Waals surface area contributed by atoms with E-state index in [1.807, 2.05) is 0 Å². The molecule has 2 aliphatic heterocycles. The lowest BCUT2D eigenvalue weighted by Crippen LogP contribution is -2.44. The van der Waals surface area contributed by atoms with Gasteiger partial charge in [-0.05, 0) is 44.7 Å². The van der Waals surface area contributed by atoms with Gasteiger partial charge in [-0.15, -0.1) is 0 Å². The molecule has 2 rings (SSSR count). The van der Waals surface area contributed by atoms with Gasteiger partial charge in [0.2, 0.25) is 0 Å². The largest absolute Gasteiger partial charge is 0.300 e. The van der Waals surface area contributed by atoms with E-state index < -0.39 is 0 Å². The maximum absolute atomic E-state index is 2.71. The molecule has 0 saturated carbocycles. The Morgan fingerprint density at radius 3 is 2.91 bits per heavy atom. The molecular weight excluding hydrogens is 134 g/mol. The second-order valence-corrected chi connectivity index (χ2v) is 4.32. The van der Waals surface area contributed by atoms with E-state index in [2.05, 4.69) is 11.8 Å². The highest BCUT2D eigenvalue weighted by Gasteiger charge is 2.27. The molecule has 0 spiro atoms. The molecule has 1 unspecified atom stereocenters. The van der Waals surface area contributed by atoms with Gasteiger partial charge in [-0.3, -0.25) is 0 Å². The van der Waals surface area contributed by atoms with Crippen molar-refractivity contribution in [2.24, 2.45) is 5.92 Å². The Hall–Kier alpha value is -0.0400. The smallest absolute Gasteiger partial charge is 0.00978 e. The van der Waals surface area contributed by atoms with Crippen molar-refractivity contribution < 1.29 is 0 Å². The zero-order valence-electron chi connectivity index (χ0n) is 7.55. The van der Waals surface area contributed by atoms with Gasteiger partial charge in [0, 0.05) is 6.04 Å². The molecular formula is C10H19N. The Labute approximate surface area is 69.8 Å². The van der Waals surface area contributed by atoms with E-state index in [4.69, 9.17) is 0 Å². The fourth-order valence-corrected chi connectivity index (χ4v) is 2.59. The van der Waals surface area contributed by atoms with E-state index in [1.54, 1.807) is 0 Å². The van der Waals surface area contributed by atoms with Crippen LogP contribution in [0.2, 0.25) is 0 Å².